The van der Waals surface area contributed by atoms with Crippen molar-refractivity contribution in [1.29, 1.82) is 0 Å². The molecule has 0 aliphatic rings. The second-order valence-corrected chi connectivity index (χ2v) is 2.57. The van der Waals surface area contributed by atoms with E-state index in [0.717, 1.165) is 0 Å². The van der Waals surface area contributed by atoms with E-state index in [2.05, 4.69) is 11.6 Å². The molecule has 0 radical (unpaired) electrons. The fourth-order valence-electron chi connectivity index (χ4n) is 0.341. The summed E-state index contributed by atoms with van der Waals surface area (Å²) in [6.45, 7) is 0. The van der Waals surface area contributed by atoms with Crippen LogP contribution in [0.4, 0.5) is 26.3 Å². The van der Waals surface area contributed by atoms with E-state index < -0.39 is 23.5 Å². The topological polar surface area (TPSA) is 40.5 Å². The Bertz CT molecular complexity index is 188. The highest BCUT2D eigenvalue weighted by atomic mass is 35.5. The van der Waals surface area contributed by atoms with Crippen LogP contribution in [0.2, 0.25) is 0 Å². The van der Waals surface area contributed by atoms with Crippen LogP contribution in [0.3, 0.4) is 0 Å². The third kappa shape index (κ3) is 2.00. The zero-order chi connectivity index (χ0) is 11.1. The van der Waals surface area contributed by atoms with Crippen molar-refractivity contribution >= 4 is 11.6 Å². The van der Waals surface area contributed by atoms with Crippen LogP contribution >= 0.6 is 11.6 Å². The Morgan fingerprint density at radius 2 is 1.31 bits per heavy atom. The maximum Gasteiger partial charge on any atom is 0.380 e. The molecular formula is C4H3ClF6O2. The Balaban J connectivity index is 5.04. The molecule has 0 spiro atoms. The highest BCUT2D eigenvalue weighted by Gasteiger charge is 2.71. The van der Waals surface area contributed by atoms with Crippen LogP contribution in [0.1, 0.15) is 0 Å². The second-order valence-electron chi connectivity index (χ2n) is 2.09. The van der Waals surface area contributed by atoms with Gasteiger partial charge in [-0.25, -0.2) is 8.78 Å². The summed E-state index contributed by atoms with van der Waals surface area (Å²) in [5, 5.41) is 10.7. The van der Waals surface area contributed by atoms with Gasteiger partial charge in [-0.15, -0.1) is 0 Å². The lowest BCUT2D eigenvalue weighted by Crippen LogP contribution is -2.61. The average molecular weight is 233 g/mol. The normalized spacial score (nSPS) is 15.2. The van der Waals surface area contributed by atoms with Gasteiger partial charge in [0.25, 0.3) is 0 Å². The smallest absolute Gasteiger partial charge is 0.355 e. The fraction of sp³-hybridized carbons (Fsp3) is 1.00. The Morgan fingerprint density at radius 1 is 1.00 bits per heavy atom. The summed E-state index contributed by atoms with van der Waals surface area (Å²) < 4.78 is 70.4. The van der Waals surface area contributed by atoms with Crippen molar-refractivity contribution in [2.45, 2.75) is 23.5 Å². The summed E-state index contributed by atoms with van der Waals surface area (Å²) in [5.41, 5.74) is 0. The van der Waals surface area contributed by atoms with Crippen molar-refractivity contribution in [2.75, 3.05) is 0 Å². The van der Waals surface area contributed by atoms with Gasteiger partial charge in [0.05, 0.1) is 0 Å². The van der Waals surface area contributed by atoms with Crippen LogP contribution < -0.4 is 0 Å². The molecule has 0 aliphatic heterocycles. The van der Waals surface area contributed by atoms with Gasteiger partial charge in [-0.05, 0) is 11.6 Å². The molecule has 9 heteroatoms. The molecule has 0 aromatic rings. The second kappa shape index (κ2) is 3.18. The molecule has 0 bridgehead atoms. The van der Waals surface area contributed by atoms with Crippen LogP contribution in [0.15, 0.2) is 0 Å². The number of hydrogen-bond donors (Lipinski definition) is 2. The Labute approximate surface area is 72.7 Å². The zero-order valence-electron chi connectivity index (χ0n) is 5.62. The van der Waals surface area contributed by atoms with Gasteiger partial charge in [0.1, 0.15) is 0 Å². The van der Waals surface area contributed by atoms with Crippen molar-refractivity contribution in [2.24, 2.45) is 0 Å². The van der Waals surface area contributed by atoms with E-state index in [1.54, 1.807) is 0 Å². The summed E-state index contributed by atoms with van der Waals surface area (Å²) in [6.07, 6.45) is -4.67. The molecule has 2 nitrogen and oxygen atoms in total. The van der Waals surface area contributed by atoms with Crippen molar-refractivity contribution in [1.82, 2.24) is 0 Å². The monoisotopic (exact) mass is 232 g/mol. The molecule has 0 aliphatic carbocycles. The van der Waals surface area contributed by atoms with Gasteiger partial charge in [-0.3, -0.25) is 0 Å². The average Bonchev–Trinajstić information content (AvgIpc) is 1.84. The lowest BCUT2D eigenvalue weighted by molar-refractivity contribution is -0.380. The van der Waals surface area contributed by atoms with Gasteiger partial charge in [0, 0.05) is 0 Å². The minimum Gasteiger partial charge on any atom is -0.355 e. The standard InChI is InChI=1S/C4H3ClF6O2/c5-4(10,11)3(12,13)2(8,9)1(6)7/h1,12-13H. The zero-order valence-corrected chi connectivity index (χ0v) is 6.37. The molecule has 0 unspecified atom stereocenters. The van der Waals surface area contributed by atoms with E-state index in [9.17, 15) is 26.3 Å². The van der Waals surface area contributed by atoms with E-state index >= 15 is 0 Å². The Morgan fingerprint density at radius 3 is 1.38 bits per heavy atom. The van der Waals surface area contributed by atoms with Crippen LogP contribution in [0.5, 0.6) is 0 Å². The lowest BCUT2D eigenvalue weighted by Gasteiger charge is -2.32. The molecule has 0 atom stereocenters. The Kier molecular flexibility index (Phi) is 3.12. The molecule has 2 N–H and O–H groups in total. The maximum absolute atomic E-state index is 12.0. The van der Waals surface area contributed by atoms with Crippen molar-refractivity contribution < 1.29 is 36.6 Å². The van der Waals surface area contributed by atoms with E-state index in [4.69, 9.17) is 10.2 Å². The number of hydrogen-bond acceptors (Lipinski definition) is 2. The SMILES string of the molecule is OC(O)(C(F)(F)Cl)C(F)(F)C(F)F. The number of rotatable bonds is 3. The van der Waals surface area contributed by atoms with E-state index in [0.29, 0.717) is 0 Å². The third-order valence-electron chi connectivity index (χ3n) is 1.13. The molecule has 80 valence electrons. The fourth-order valence-corrected chi connectivity index (χ4v) is 0.467. The van der Waals surface area contributed by atoms with Crippen LogP contribution in [0.25, 0.3) is 0 Å². The summed E-state index contributed by atoms with van der Waals surface area (Å²) >= 11 is 3.81. The van der Waals surface area contributed by atoms with Crippen molar-refractivity contribution in [3.63, 3.8) is 0 Å². The lowest BCUT2D eigenvalue weighted by atomic mass is 10.1. The predicted molar refractivity (Wildman–Crippen MR) is 28.9 cm³/mol. The predicted octanol–water partition coefficient (Wildman–Crippen LogP) is 1.40. The first-order chi connectivity index (χ1) is 5.44. The number of alkyl halides is 7. The van der Waals surface area contributed by atoms with E-state index in [-0.39, 0.29) is 0 Å². The van der Waals surface area contributed by atoms with Crippen LogP contribution in [-0.4, -0.2) is 33.7 Å². The summed E-state index contributed by atoms with van der Waals surface area (Å²) in [4.78, 5) is 0. The molecule has 0 aromatic heterocycles. The first kappa shape index (κ1) is 12.8. The van der Waals surface area contributed by atoms with Gasteiger partial charge < -0.3 is 10.2 Å². The third-order valence-corrected chi connectivity index (χ3v) is 1.40. The summed E-state index contributed by atoms with van der Waals surface area (Å²) in [7, 11) is 0. The Hall–Kier alpha value is -0.210. The molecule has 0 fully saturated rings. The summed E-state index contributed by atoms with van der Waals surface area (Å²) in [5.74, 6) is -11.0. The van der Waals surface area contributed by atoms with E-state index in [1.165, 1.54) is 0 Å². The first-order valence-electron chi connectivity index (χ1n) is 2.62. The van der Waals surface area contributed by atoms with Gasteiger partial charge in [0.15, 0.2) is 0 Å². The van der Waals surface area contributed by atoms with Gasteiger partial charge >= 0.3 is 23.5 Å². The quantitative estimate of drug-likeness (QED) is 0.439. The van der Waals surface area contributed by atoms with Gasteiger partial charge in [-0.1, -0.05) is 0 Å². The van der Waals surface area contributed by atoms with Crippen LogP contribution in [0, 0.1) is 0 Å². The maximum atomic E-state index is 12.0. The molecule has 0 heterocycles. The van der Waals surface area contributed by atoms with Crippen LogP contribution in [-0.2, 0) is 0 Å². The first-order valence-corrected chi connectivity index (χ1v) is 3.00. The van der Waals surface area contributed by atoms with Crippen molar-refractivity contribution in [3.05, 3.63) is 0 Å². The largest absolute Gasteiger partial charge is 0.380 e. The number of halogens is 7. The molecule has 0 saturated carbocycles. The van der Waals surface area contributed by atoms with Gasteiger partial charge in [-0.2, -0.15) is 17.6 Å². The molecular weight excluding hydrogens is 229 g/mol. The van der Waals surface area contributed by atoms with Crippen molar-refractivity contribution in [3.8, 4) is 0 Å². The number of aliphatic hydroxyl groups is 2. The van der Waals surface area contributed by atoms with Gasteiger partial charge in [0.2, 0.25) is 0 Å². The minimum absolute atomic E-state index is 3.81. The molecule has 13 heavy (non-hydrogen) atoms. The highest BCUT2D eigenvalue weighted by Crippen LogP contribution is 2.44. The molecule has 0 amide bonds. The summed E-state index contributed by atoms with van der Waals surface area (Å²) in [6, 6.07) is 0. The molecule has 0 aromatic carbocycles. The molecule has 0 rings (SSSR count). The van der Waals surface area contributed by atoms with E-state index in [1.807, 2.05) is 0 Å². The minimum atomic E-state index is -5.72. The highest BCUT2D eigenvalue weighted by molar-refractivity contribution is 6.22. The molecule has 0 saturated heterocycles.